The van der Waals surface area contributed by atoms with Crippen LogP contribution in [0.25, 0.3) is 0 Å². The number of hydrogen-bond acceptors (Lipinski definition) is 3. The van der Waals surface area contributed by atoms with Crippen molar-refractivity contribution in [3.05, 3.63) is 12.2 Å². The Morgan fingerprint density at radius 3 is 2.47 bits per heavy atom. The first-order valence-corrected chi connectivity index (χ1v) is 4.49. The van der Waals surface area contributed by atoms with Crippen LogP contribution in [0.5, 0.6) is 0 Å². The lowest BCUT2D eigenvalue weighted by Crippen LogP contribution is -2.46. The maximum Gasteiger partial charge on any atom is 0.326 e. The lowest BCUT2D eigenvalue weighted by Gasteiger charge is -2.13. The quantitative estimate of drug-likeness (QED) is 0.458. The summed E-state index contributed by atoms with van der Waals surface area (Å²) in [7, 11) is 0. The van der Waals surface area contributed by atoms with Gasteiger partial charge in [0, 0.05) is 19.6 Å². The average Bonchev–Trinajstić information content (AvgIpc) is 2.14. The summed E-state index contributed by atoms with van der Waals surface area (Å²) in [5.74, 6) is -1.17. The average molecular weight is 216 g/mol. The summed E-state index contributed by atoms with van der Waals surface area (Å²) < 4.78 is 0. The van der Waals surface area contributed by atoms with Crippen molar-refractivity contribution >= 4 is 12.0 Å². The molecule has 6 heteroatoms. The Balaban J connectivity index is 3.99. The third kappa shape index (κ3) is 6.50. The molecule has 6 nitrogen and oxygen atoms in total. The van der Waals surface area contributed by atoms with E-state index < -0.39 is 18.0 Å². The third-order valence-electron chi connectivity index (χ3n) is 1.57. The van der Waals surface area contributed by atoms with Crippen LogP contribution < -0.4 is 10.6 Å². The summed E-state index contributed by atoms with van der Waals surface area (Å²) in [4.78, 5) is 21.7. The maximum absolute atomic E-state index is 11.1. The van der Waals surface area contributed by atoms with E-state index in [1.807, 2.05) is 0 Å². The van der Waals surface area contributed by atoms with Crippen LogP contribution in [0.2, 0.25) is 0 Å². The van der Waals surface area contributed by atoms with E-state index in [9.17, 15) is 9.59 Å². The minimum atomic E-state index is -1.17. The first-order valence-electron chi connectivity index (χ1n) is 4.49. The molecule has 0 rings (SSSR count). The number of carbonyl (C=O) groups is 2. The number of aliphatic hydroxyl groups excluding tert-OH is 1. The standard InChI is InChI=1S/C9H16N2O4/c1-6(2)5-10-9(15)11-7(3-4-12)8(13)14/h7,12H,1,3-5H2,2H3,(H,13,14)(H2,10,11,15). The molecule has 86 valence electrons. The van der Waals surface area contributed by atoms with Gasteiger partial charge in [-0.25, -0.2) is 9.59 Å². The van der Waals surface area contributed by atoms with Gasteiger partial charge in [0.2, 0.25) is 0 Å². The van der Waals surface area contributed by atoms with Crippen LogP contribution in [-0.4, -0.2) is 41.4 Å². The highest BCUT2D eigenvalue weighted by Crippen LogP contribution is 1.91. The van der Waals surface area contributed by atoms with E-state index >= 15 is 0 Å². The van der Waals surface area contributed by atoms with Crippen LogP contribution in [0.1, 0.15) is 13.3 Å². The second kappa shape index (κ2) is 6.83. The van der Waals surface area contributed by atoms with Gasteiger partial charge in [0.05, 0.1) is 0 Å². The molecule has 0 spiro atoms. The highest BCUT2D eigenvalue weighted by Gasteiger charge is 2.18. The van der Waals surface area contributed by atoms with Crippen molar-refractivity contribution in [3.63, 3.8) is 0 Å². The fourth-order valence-electron chi connectivity index (χ4n) is 0.827. The second-order valence-corrected chi connectivity index (χ2v) is 3.19. The molecule has 1 unspecified atom stereocenters. The first-order chi connectivity index (χ1) is 6.97. The molecule has 0 radical (unpaired) electrons. The first kappa shape index (κ1) is 13.4. The normalized spacial score (nSPS) is 11.6. The third-order valence-corrected chi connectivity index (χ3v) is 1.57. The lowest BCUT2D eigenvalue weighted by molar-refractivity contribution is -0.139. The number of carboxylic acids is 1. The minimum absolute atomic E-state index is 0.0180. The van der Waals surface area contributed by atoms with Crippen molar-refractivity contribution in [2.45, 2.75) is 19.4 Å². The van der Waals surface area contributed by atoms with Crippen LogP contribution in [0.4, 0.5) is 4.79 Å². The smallest absolute Gasteiger partial charge is 0.326 e. The number of nitrogens with one attached hydrogen (secondary N) is 2. The minimum Gasteiger partial charge on any atom is -0.480 e. The van der Waals surface area contributed by atoms with E-state index in [0.29, 0.717) is 0 Å². The molecule has 1 atom stereocenters. The van der Waals surface area contributed by atoms with Crippen molar-refractivity contribution < 1.29 is 19.8 Å². The Bertz CT molecular complexity index is 252. The maximum atomic E-state index is 11.1. The zero-order chi connectivity index (χ0) is 11.8. The van der Waals surface area contributed by atoms with E-state index in [0.717, 1.165) is 5.57 Å². The Morgan fingerprint density at radius 2 is 2.07 bits per heavy atom. The Hall–Kier alpha value is -1.56. The number of hydrogen-bond donors (Lipinski definition) is 4. The van der Waals surface area contributed by atoms with Gasteiger partial charge in [0.15, 0.2) is 0 Å². The monoisotopic (exact) mass is 216 g/mol. The van der Waals surface area contributed by atoms with E-state index in [1.165, 1.54) is 0 Å². The van der Waals surface area contributed by atoms with Gasteiger partial charge >= 0.3 is 12.0 Å². The Morgan fingerprint density at radius 1 is 1.47 bits per heavy atom. The molecule has 0 aromatic rings. The van der Waals surface area contributed by atoms with Gasteiger partial charge in [0.25, 0.3) is 0 Å². The van der Waals surface area contributed by atoms with Crippen LogP contribution in [0.3, 0.4) is 0 Å². The number of urea groups is 1. The molecule has 0 heterocycles. The van der Waals surface area contributed by atoms with E-state index in [4.69, 9.17) is 10.2 Å². The van der Waals surface area contributed by atoms with Gasteiger partial charge in [-0.2, -0.15) is 0 Å². The van der Waals surface area contributed by atoms with Gasteiger partial charge in [-0.15, -0.1) is 0 Å². The summed E-state index contributed by atoms with van der Waals surface area (Å²) in [6, 6.07) is -1.65. The second-order valence-electron chi connectivity index (χ2n) is 3.19. The van der Waals surface area contributed by atoms with Gasteiger partial charge in [-0.05, 0) is 6.92 Å². The van der Waals surface area contributed by atoms with Crippen molar-refractivity contribution in [3.8, 4) is 0 Å². The van der Waals surface area contributed by atoms with Crippen molar-refractivity contribution in [2.75, 3.05) is 13.2 Å². The SMILES string of the molecule is C=C(C)CNC(=O)NC(CCO)C(=O)O. The van der Waals surface area contributed by atoms with Gasteiger partial charge in [-0.1, -0.05) is 12.2 Å². The zero-order valence-electron chi connectivity index (χ0n) is 8.62. The van der Waals surface area contributed by atoms with E-state index in [1.54, 1.807) is 6.92 Å². The molecular weight excluding hydrogens is 200 g/mol. The van der Waals surface area contributed by atoms with Gasteiger partial charge < -0.3 is 20.8 Å². The molecule has 0 aromatic carbocycles. The molecule has 0 aromatic heterocycles. The van der Waals surface area contributed by atoms with Gasteiger partial charge in [0.1, 0.15) is 6.04 Å². The van der Waals surface area contributed by atoms with E-state index in [2.05, 4.69) is 17.2 Å². The molecule has 0 aliphatic heterocycles. The fraction of sp³-hybridized carbons (Fsp3) is 0.556. The summed E-state index contributed by atoms with van der Waals surface area (Å²) in [6.07, 6.45) is -0.0180. The number of amides is 2. The summed E-state index contributed by atoms with van der Waals surface area (Å²) in [5, 5.41) is 21.9. The van der Waals surface area contributed by atoms with Gasteiger partial charge in [-0.3, -0.25) is 0 Å². The van der Waals surface area contributed by atoms with Crippen molar-refractivity contribution in [1.82, 2.24) is 10.6 Å². The molecule has 0 bridgehead atoms. The predicted octanol–water partition coefficient (Wildman–Crippen LogP) is -0.303. The number of rotatable bonds is 6. The number of carboxylic acid groups (broad SMARTS) is 1. The predicted molar refractivity (Wildman–Crippen MR) is 54.5 cm³/mol. The summed E-state index contributed by atoms with van der Waals surface area (Å²) in [6.45, 7) is 5.31. The largest absolute Gasteiger partial charge is 0.480 e. The van der Waals surface area contributed by atoms with Crippen molar-refractivity contribution in [1.29, 1.82) is 0 Å². The molecule has 2 amide bonds. The highest BCUT2D eigenvalue weighted by atomic mass is 16.4. The van der Waals surface area contributed by atoms with Crippen LogP contribution in [0, 0.1) is 0 Å². The number of aliphatic hydroxyl groups is 1. The van der Waals surface area contributed by atoms with Crippen LogP contribution in [0.15, 0.2) is 12.2 Å². The molecule has 0 aliphatic carbocycles. The molecule has 15 heavy (non-hydrogen) atoms. The molecule has 0 aliphatic rings. The molecule has 0 saturated heterocycles. The van der Waals surface area contributed by atoms with E-state index in [-0.39, 0.29) is 19.6 Å². The number of aliphatic carboxylic acids is 1. The fourth-order valence-corrected chi connectivity index (χ4v) is 0.827. The zero-order valence-corrected chi connectivity index (χ0v) is 8.62. The summed E-state index contributed by atoms with van der Waals surface area (Å²) in [5.41, 5.74) is 0.763. The topological polar surface area (TPSA) is 98.7 Å². The summed E-state index contributed by atoms with van der Waals surface area (Å²) >= 11 is 0. The highest BCUT2D eigenvalue weighted by molar-refractivity contribution is 5.82. The Kier molecular flexibility index (Phi) is 6.12. The molecule has 0 saturated carbocycles. The van der Waals surface area contributed by atoms with Crippen molar-refractivity contribution in [2.24, 2.45) is 0 Å². The van der Waals surface area contributed by atoms with Crippen LogP contribution in [-0.2, 0) is 4.79 Å². The molecule has 0 fully saturated rings. The lowest BCUT2D eigenvalue weighted by atomic mass is 10.2. The molecular formula is C9H16N2O4. The molecule has 4 N–H and O–H groups in total. The van der Waals surface area contributed by atoms with Crippen LogP contribution >= 0.6 is 0 Å². The number of carbonyl (C=O) groups excluding carboxylic acids is 1. The Labute approximate surface area is 88.0 Å².